The Labute approximate surface area is 305 Å². The number of nitrogens with zero attached hydrogens (tertiary/aromatic N) is 2. The van der Waals surface area contributed by atoms with Crippen LogP contribution in [-0.2, 0) is 33.0 Å². The Hall–Kier alpha value is -5.01. The SMILES string of the molecule is COc1ccc2c(c1)[C@@]1(O[C@H](CC(=O)N(CCO)Cc3ccccc3)[C@@H]([Si](C)(C)O)[C@@H]1C)C(=O)N2Cc1cccc(NC(=O)c2ccc(N)cc2)c1. The quantitative estimate of drug-likeness (QED) is 0.114. The number of benzene rings is 4. The molecule has 0 aromatic heterocycles. The maximum Gasteiger partial charge on any atom is 0.264 e. The van der Waals surface area contributed by atoms with Gasteiger partial charge in [-0.25, -0.2) is 0 Å². The molecule has 52 heavy (non-hydrogen) atoms. The molecule has 0 unspecified atom stereocenters. The normalized spacial score (nSPS) is 20.9. The van der Waals surface area contributed by atoms with Crippen LogP contribution in [0.25, 0.3) is 0 Å². The summed E-state index contributed by atoms with van der Waals surface area (Å²) in [6.45, 7) is 5.98. The van der Waals surface area contributed by atoms with Crippen LogP contribution in [0.15, 0.2) is 97.1 Å². The highest BCUT2D eigenvalue weighted by atomic mass is 28.4. The summed E-state index contributed by atoms with van der Waals surface area (Å²) < 4.78 is 12.5. The summed E-state index contributed by atoms with van der Waals surface area (Å²) in [5.74, 6) is -0.769. The van der Waals surface area contributed by atoms with E-state index < -0.39 is 31.5 Å². The van der Waals surface area contributed by atoms with Gasteiger partial charge in [0.1, 0.15) is 5.75 Å². The van der Waals surface area contributed by atoms with Gasteiger partial charge in [0.15, 0.2) is 13.9 Å². The van der Waals surface area contributed by atoms with Gasteiger partial charge in [-0.05, 0) is 78.8 Å². The number of hydrogen-bond donors (Lipinski definition) is 4. The van der Waals surface area contributed by atoms with Crippen molar-refractivity contribution >= 4 is 43.1 Å². The minimum atomic E-state index is -3.06. The van der Waals surface area contributed by atoms with E-state index in [-0.39, 0.29) is 43.8 Å². The number of ether oxygens (including phenoxy) is 2. The minimum absolute atomic E-state index is 0.0666. The molecular weight excluding hydrogens is 677 g/mol. The number of nitrogen functional groups attached to an aromatic ring is 1. The summed E-state index contributed by atoms with van der Waals surface area (Å²) >= 11 is 0. The van der Waals surface area contributed by atoms with Crippen LogP contribution in [0, 0.1) is 5.92 Å². The summed E-state index contributed by atoms with van der Waals surface area (Å²) in [6, 6.07) is 28.9. The summed E-state index contributed by atoms with van der Waals surface area (Å²) in [5.41, 5.74) is 8.36. The van der Waals surface area contributed by atoms with Gasteiger partial charge in [0, 0.05) is 47.1 Å². The Kier molecular flexibility index (Phi) is 10.5. The molecule has 6 rings (SSSR count). The van der Waals surface area contributed by atoms with Gasteiger partial charge >= 0.3 is 0 Å². The van der Waals surface area contributed by atoms with Crippen molar-refractivity contribution in [2.45, 2.75) is 56.8 Å². The molecule has 11 nitrogen and oxygen atoms in total. The molecule has 0 aliphatic carbocycles. The first kappa shape index (κ1) is 36.8. The summed E-state index contributed by atoms with van der Waals surface area (Å²) in [4.78, 5) is 56.8. The number of fused-ring (bicyclic) bond motifs is 2. The zero-order valence-electron chi connectivity index (χ0n) is 29.9. The molecule has 4 atom stereocenters. The number of methoxy groups -OCH3 is 1. The van der Waals surface area contributed by atoms with Crippen LogP contribution in [0.1, 0.15) is 40.4 Å². The average Bonchev–Trinajstić information content (AvgIpc) is 3.54. The molecule has 1 saturated heterocycles. The van der Waals surface area contributed by atoms with Crippen LogP contribution in [-0.4, -0.2) is 67.2 Å². The molecule has 272 valence electrons. The van der Waals surface area contributed by atoms with Crippen LogP contribution in [0.3, 0.4) is 0 Å². The van der Waals surface area contributed by atoms with Gasteiger partial charge in [-0.2, -0.15) is 0 Å². The van der Waals surface area contributed by atoms with E-state index in [1.165, 1.54) is 0 Å². The molecule has 4 aromatic rings. The van der Waals surface area contributed by atoms with E-state index in [0.717, 1.165) is 11.1 Å². The number of aliphatic hydroxyl groups is 1. The molecule has 2 aliphatic rings. The van der Waals surface area contributed by atoms with E-state index in [9.17, 15) is 24.3 Å². The molecule has 12 heteroatoms. The van der Waals surface area contributed by atoms with Crippen molar-refractivity contribution in [2.24, 2.45) is 5.92 Å². The first-order valence-corrected chi connectivity index (χ1v) is 20.5. The average molecular weight is 723 g/mol. The van der Waals surface area contributed by atoms with Gasteiger partial charge in [0.2, 0.25) is 5.91 Å². The second-order valence-corrected chi connectivity index (χ2v) is 18.1. The fraction of sp³-hybridized carbons (Fsp3) is 0.325. The van der Waals surface area contributed by atoms with Crippen LogP contribution in [0.2, 0.25) is 18.6 Å². The number of rotatable bonds is 12. The number of carbonyl (C=O) groups excluding carboxylic acids is 3. The van der Waals surface area contributed by atoms with Crippen LogP contribution < -0.4 is 20.7 Å². The fourth-order valence-electron chi connectivity index (χ4n) is 7.83. The maximum atomic E-state index is 14.9. The second-order valence-electron chi connectivity index (χ2n) is 14.1. The molecule has 5 N–H and O–H groups in total. The highest BCUT2D eigenvalue weighted by Crippen LogP contribution is 2.60. The van der Waals surface area contributed by atoms with Crippen molar-refractivity contribution in [2.75, 3.05) is 36.2 Å². The molecule has 2 heterocycles. The predicted molar refractivity (Wildman–Crippen MR) is 202 cm³/mol. The topological polar surface area (TPSA) is 155 Å². The Morgan fingerprint density at radius 1 is 1.00 bits per heavy atom. The zero-order chi connectivity index (χ0) is 37.2. The molecule has 3 amide bonds. The Morgan fingerprint density at radius 2 is 1.71 bits per heavy atom. The number of aliphatic hydroxyl groups excluding tert-OH is 1. The Bertz CT molecular complexity index is 1930. The summed E-state index contributed by atoms with van der Waals surface area (Å²) in [5, 5.41) is 12.8. The molecule has 2 aliphatic heterocycles. The number of carbonyl (C=O) groups is 3. The van der Waals surface area contributed by atoms with Gasteiger partial charge in [0.05, 0.1) is 38.5 Å². The second kappa shape index (κ2) is 14.9. The molecule has 4 aromatic carbocycles. The van der Waals surface area contributed by atoms with Gasteiger partial charge in [-0.15, -0.1) is 0 Å². The van der Waals surface area contributed by atoms with Gasteiger partial charge in [-0.3, -0.25) is 14.4 Å². The lowest BCUT2D eigenvalue weighted by Gasteiger charge is -2.32. The van der Waals surface area contributed by atoms with Crippen LogP contribution >= 0.6 is 0 Å². The van der Waals surface area contributed by atoms with E-state index in [0.29, 0.717) is 40.5 Å². The lowest BCUT2D eigenvalue weighted by Crippen LogP contribution is -2.46. The van der Waals surface area contributed by atoms with Crippen molar-refractivity contribution in [1.29, 1.82) is 0 Å². The number of hydrogen-bond acceptors (Lipinski definition) is 8. The van der Waals surface area contributed by atoms with E-state index in [1.54, 1.807) is 53.3 Å². The van der Waals surface area contributed by atoms with E-state index in [4.69, 9.17) is 15.2 Å². The van der Waals surface area contributed by atoms with Crippen molar-refractivity contribution < 1.29 is 33.8 Å². The monoisotopic (exact) mass is 722 g/mol. The standard InChI is InChI=1S/C40H46N4O7Si/c1-26-37(52(3,4)49)35(23-36(46)43(19-20-45)24-27-9-6-5-7-10-27)51-40(26)33-22-32(50-2)17-18-34(33)44(39(40)48)25-28-11-8-12-31(21-28)42-38(47)29-13-15-30(41)16-14-29/h5-18,21-22,26,35,37,45,49H,19-20,23-25,41H2,1-4H3,(H,42,47)/t26-,35+,37-,40+/m0/s1. The van der Waals surface area contributed by atoms with Crippen molar-refractivity contribution in [1.82, 2.24) is 4.90 Å². The lowest BCUT2D eigenvalue weighted by atomic mass is 9.82. The summed E-state index contributed by atoms with van der Waals surface area (Å²) in [7, 11) is -1.50. The highest BCUT2D eigenvalue weighted by Gasteiger charge is 2.66. The third-order valence-corrected chi connectivity index (χ3v) is 12.7. The molecule has 1 spiro atoms. The van der Waals surface area contributed by atoms with Crippen molar-refractivity contribution in [3.63, 3.8) is 0 Å². The predicted octanol–water partition coefficient (Wildman–Crippen LogP) is 5.29. The van der Waals surface area contributed by atoms with Crippen molar-refractivity contribution in [3.05, 3.63) is 119 Å². The first-order chi connectivity index (χ1) is 24.8. The zero-order valence-corrected chi connectivity index (χ0v) is 30.9. The molecule has 0 radical (unpaired) electrons. The molecular formula is C40H46N4O7Si. The largest absolute Gasteiger partial charge is 0.497 e. The smallest absolute Gasteiger partial charge is 0.264 e. The van der Waals surface area contributed by atoms with E-state index in [1.807, 2.05) is 80.7 Å². The van der Waals surface area contributed by atoms with Gasteiger partial charge in [0.25, 0.3) is 11.8 Å². The fourth-order valence-corrected chi connectivity index (χ4v) is 10.4. The number of nitrogens with one attached hydrogen (secondary N) is 1. The maximum absolute atomic E-state index is 14.9. The third-order valence-electron chi connectivity index (χ3n) is 10.2. The molecule has 0 bridgehead atoms. The minimum Gasteiger partial charge on any atom is -0.497 e. The number of nitrogens with two attached hydrogens (primary N) is 1. The Balaban J connectivity index is 1.31. The number of anilines is 3. The lowest BCUT2D eigenvalue weighted by molar-refractivity contribution is -0.150. The summed E-state index contributed by atoms with van der Waals surface area (Å²) in [6.07, 6.45) is -0.830. The van der Waals surface area contributed by atoms with Gasteiger partial charge < -0.3 is 40.2 Å². The van der Waals surface area contributed by atoms with E-state index in [2.05, 4.69) is 5.32 Å². The molecule has 1 fully saturated rings. The highest BCUT2D eigenvalue weighted by molar-refractivity contribution is 6.71. The number of amides is 3. The first-order valence-electron chi connectivity index (χ1n) is 17.4. The van der Waals surface area contributed by atoms with Gasteiger partial charge in [-0.1, -0.05) is 49.4 Å². The van der Waals surface area contributed by atoms with Crippen LogP contribution in [0.4, 0.5) is 17.1 Å². The van der Waals surface area contributed by atoms with Crippen molar-refractivity contribution in [3.8, 4) is 5.75 Å². The van der Waals surface area contributed by atoms with Crippen LogP contribution in [0.5, 0.6) is 5.75 Å². The Morgan fingerprint density at radius 3 is 2.38 bits per heavy atom. The molecule has 0 saturated carbocycles. The third kappa shape index (κ3) is 7.20. The van der Waals surface area contributed by atoms with E-state index >= 15 is 0 Å².